The Kier molecular flexibility index (Phi) is 4.19. The molecule has 0 N–H and O–H groups in total. The van der Waals surface area contributed by atoms with Gasteiger partial charge in [-0.2, -0.15) is 5.10 Å². The van der Waals surface area contributed by atoms with Gasteiger partial charge in [-0.15, -0.1) is 6.58 Å². The number of ether oxygens (including phenoxy) is 2. The van der Waals surface area contributed by atoms with E-state index in [1.807, 2.05) is 24.0 Å². The largest absolute Gasteiger partial charge is 0.374 e. The Morgan fingerprint density at radius 3 is 3.20 bits per heavy atom. The lowest BCUT2D eigenvalue weighted by Gasteiger charge is -2.30. The summed E-state index contributed by atoms with van der Waals surface area (Å²) in [5.74, 6) is 0. The van der Waals surface area contributed by atoms with Gasteiger partial charge in [0.2, 0.25) is 0 Å². The highest BCUT2D eigenvalue weighted by atomic mass is 16.5. The topological polar surface area (TPSA) is 39.5 Å². The molecular formula is C15H23N3O2. The third kappa shape index (κ3) is 2.80. The highest BCUT2D eigenvalue weighted by Crippen LogP contribution is 2.32. The lowest BCUT2D eigenvalue weighted by molar-refractivity contribution is -0.0447. The van der Waals surface area contributed by atoms with Crippen molar-refractivity contribution in [3.8, 4) is 0 Å². The molecule has 2 aliphatic rings. The van der Waals surface area contributed by atoms with Crippen LogP contribution < -0.4 is 0 Å². The van der Waals surface area contributed by atoms with E-state index in [0.29, 0.717) is 12.6 Å². The van der Waals surface area contributed by atoms with E-state index in [0.717, 1.165) is 32.5 Å². The molecule has 3 atom stereocenters. The molecule has 1 saturated carbocycles. The van der Waals surface area contributed by atoms with E-state index in [4.69, 9.17) is 9.47 Å². The van der Waals surface area contributed by atoms with Crippen LogP contribution in [0.3, 0.4) is 0 Å². The first-order chi connectivity index (χ1) is 9.78. The summed E-state index contributed by atoms with van der Waals surface area (Å²) in [6.07, 6.45) is 8.50. The molecule has 0 amide bonds. The first-order valence-corrected chi connectivity index (χ1v) is 7.33. The number of hydrogen-bond acceptors (Lipinski definition) is 4. The van der Waals surface area contributed by atoms with Gasteiger partial charge in [0.15, 0.2) is 0 Å². The maximum atomic E-state index is 5.97. The van der Waals surface area contributed by atoms with E-state index in [9.17, 15) is 0 Å². The van der Waals surface area contributed by atoms with Crippen LogP contribution in [0.2, 0.25) is 0 Å². The van der Waals surface area contributed by atoms with E-state index < -0.39 is 0 Å². The van der Waals surface area contributed by atoms with E-state index in [1.165, 1.54) is 5.56 Å². The van der Waals surface area contributed by atoms with E-state index >= 15 is 0 Å². The van der Waals surface area contributed by atoms with E-state index in [1.54, 1.807) is 0 Å². The zero-order valence-electron chi connectivity index (χ0n) is 12.1. The molecule has 2 fully saturated rings. The minimum absolute atomic E-state index is 0.173. The SMILES string of the molecule is C=CCO[C@H]1[C@H]2CC[C@H]1OCCN2Cc1cnn(C)c1. The third-order valence-corrected chi connectivity index (χ3v) is 4.22. The Morgan fingerprint density at radius 2 is 2.45 bits per heavy atom. The van der Waals surface area contributed by atoms with Crippen molar-refractivity contribution in [2.45, 2.75) is 37.6 Å². The van der Waals surface area contributed by atoms with Gasteiger partial charge >= 0.3 is 0 Å². The third-order valence-electron chi connectivity index (χ3n) is 4.22. The Labute approximate surface area is 120 Å². The molecule has 3 rings (SSSR count). The average Bonchev–Trinajstić information content (AvgIpc) is 2.95. The van der Waals surface area contributed by atoms with Gasteiger partial charge in [-0.3, -0.25) is 9.58 Å². The normalized spacial score (nSPS) is 30.4. The minimum atomic E-state index is 0.173. The zero-order chi connectivity index (χ0) is 13.9. The molecule has 2 heterocycles. The summed E-state index contributed by atoms with van der Waals surface area (Å²) in [6, 6.07) is 0.447. The van der Waals surface area contributed by atoms with Crippen LogP contribution in [0.4, 0.5) is 0 Å². The molecule has 1 saturated heterocycles. The van der Waals surface area contributed by atoms with Crippen molar-refractivity contribution in [1.82, 2.24) is 14.7 Å². The first-order valence-electron chi connectivity index (χ1n) is 7.33. The van der Waals surface area contributed by atoms with Gasteiger partial charge < -0.3 is 9.47 Å². The van der Waals surface area contributed by atoms with Crippen LogP contribution in [-0.2, 0) is 23.1 Å². The Morgan fingerprint density at radius 1 is 1.55 bits per heavy atom. The van der Waals surface area contributed by atoms with E-state index in [2.05, 4.69) is 22.8 Å². The van der Waals surface area contributed by atoms with Crippen molar-refractivity contribution >= 4 is 0 Å². The van der Waals surface area contributed by atoms with Gasteiger partial charge in [0.25, 0.3) is 0 Å². The van der Waals surface area contributed by atoms with Crippen LogP contribution >= 0.6 is 0 Å². The monoisotopic (exact) mass is 277 g/mol. The average molecular weight is 277 g/mol. The van der Waals surface area contributed by atoms with Crippen molar-refractivity contribution in [1.29, 1.82) is 0 Å². The molecule has 0 unspecified atom stereocenters. The summed E-state index contributed by atoms with van der Waals surface area (Å²) in [5.41, 5.74) is 1.25. The fourth-order valence-corrected chi connectivity index (χ4v) is 3.35. The van der Waals surface area contributed by atoms with Crippen molar-refractivity contribution in [3.63, 3.8) is 0 Å². The molecule has 2 bridgehead atoms. The molecule has 110 valence electrons. The summed E-state index contributed by atoms with van der Waals surface area (Å²) < 4.78 is 13.8. The molecule has 5 heteroatoms. The lowest BCUT2D eigenvalue weighted by atomic mass is 10.1. The van der Waals surface area contributed by atoms with Crippen LogP contribution in [0.1, 0.15) is 18.4 Å². The van der Waals surface area contributed by atoms with Gasteiger partial charge in [0.05, 0.1) is 31.6 Å². The Balaban J connectivity index is 1.71. The smallest absolute Gasteiger partial charge is 0.0995 e. The van der Waals surface area contributed by atoms with Crippen molar-refractivity contribution < 1.29 is 9.47 Å². The summed E-state index contributed by atoms with van der Waals surface area (Å²) in [6.45, 7) is 7.01. The molecule has 0 aromatic carbocycles. The fourth-order valence-electron chi connectivity index (χ4n) is 3.35. The number of fused-ring (bicyclic) bond motifs is 2. The van der Waals surface area contributed by atoms with E-state index in [-0.39, 0.29) is 12.2 Å². The first kappa shape index (κ1) is 13.8. The molecular weight excluding hydrogens is 254 g/mol. The number of aromatic nitrogens is 2. The van der Waals surface area contributed by atoms with Gasteiger partial charge in [-0.25, -0.2) is 0 Å². The number of rotatable bonds is 5. The predicted octanol–water partition coefficient (Wildman–Crippen LogP) is 1.35. The van der Waals surface area contributed by atoms with Gasteiger partial charge in [0, 0.05) is 37.9 Å². The highest BCUT2D eigenvalue weighted by molar-refractivity contribution is 5.06. The second-order valence-corrected chi connectivity index (χ2v) is 5.63. The van der Waals surface area contributed by atoms with Crippen molar-refractivity contribution in [3.05, 3.63) is 30.6 Å². The van der Waals surface area contributed by atoms with Crippen LogP contribution in [0.25, 0.3) is 0 Å². The van der Waals surface area contributed by atoms with Crippen LogP contribution in [0, 0.1) is 0 Å². The van der Waals surface area contributed by atoms with Gasteiger partial charge in [-0.1, -0.05) is 6.08 Å². The number of hydrogen-bond donors (Lipinski definition) is 0. The summed E-state index contributed by atoms with van der Waals surface area (Å²) in [7, 11) is 1.95. The van der Waals surface area contributed by atoms with Crippen LogP contribution in [-0.4, -0.2) is 52.7 Å². The number of aryl methyl sites for hydroxylation is 1. The lowest BCUT2D eigenvalue weighted by Crippen LogP contribution is -2.42. The fraction of sp³-hybridized carbons (Fsp3) is 0.667. The van der Waals surface area contributed by atoms with Crippen LogP contribution in [0.15, 0.2) is 25.0 Å². The summed E-state index contributed by atoms with van der Waals surface area (Å²) in [5, 5.41) is 4.25. The van der Waals surface area contributed by atoms with Crippen molar-refractivity contribution in [2.75, 3.05) is 19.8 Å². The molecule has 0 spiro atoms. The molecule has 1 aromatic rings. The minimum Gasteiger partial charge on any atom is -0.374 e. The second kappa shape index (κ2) is 6.08. The maximum Gasteiger partial charge on any atom is 0.0995 e. The zero-order valence-corrected chi connectivity index (χ0v) is 12.1. The molecule has 1 aromatic heterocycles. The quantitative estimate of drug-likeness (QED) is 0.762. The molecule has 1 aliphatic heterocycles. The molecule has 20 heavy (non-hydrogen) atoms. The second-order valence-electron chi connectivity index (χ2n) is 5.63. The van der Waals surface area contributed by atoms with Crippen LogP contribution in [0.5, 0.6) is 0 Å². The maximum absolute atomic E-state index is 5.97. The molecule has 1 aliphatic carbocycles. The summed E-state index contributed by atoms with van der Waals surface area (Å²) in [4.78, 5) is 2.48. The molecule has 5 nitrogen and oxygen atoms in total. The summed E-state index contributed by atoms with van der Waals surface area (Å²) >= 11 is 0. The number of nitrogens with zero attached hydrogens (tertiary/aromatic N) is 3. The highest BCUT2D eigenvalue weighted by Gasteiger charge is 2.42. The van der Waals surface area contributed by atoms with Crippen molar-refractivity contribution in [2.24, 2.45) is 7.05 Å². The Hall–Kier alpha value is -1.17. The standard InChI is InChI=1S/C15H23N3O2/c1-3-7-20-15-13-4-5-14(15)19-8-6-18(13)11-12-9-16-17(2)10-12/h3,9-10,13-15H,1,4-8,11H2,2H3/t13-,14-,15+/m1/s1. The Bertz CT molecular complexity index is 460. The predicted molar refractivity (Wildman–Crippen MR) is 76.3 cm³/mol. The molecule has 0 radical (unpaired) electrons. The van der Waals surface area contributed by atoms with Gasteiger partial charge in [-0.05, 0) is 12.8 Å². The van der Waals surface area contributed by atoms with Gasteiger partial charge in [0.1, 0.15) is 0 Å².